The average Bonchev–Trinajstić information content (AvgIpc) is 2.72. The Morgan fingerprint density at radius 3 is 2.37 bits per heavy atom. The Bertz CT molecular complexity index is 400. The molecule has 2 fully saturated rings. The molecule has 0 aromatic heterocycles. The van der Waals surface area contributed by atoms with Crippen LogP contribution in [0, 0.1) is 0 Å². The van der Waals surface area contributed by atoms with E-state index < -0.39 is 23.5 Å². The van der Waals surface area contributed by atoms with Crippen LogP contribution in [0.25, 0.3) is 0 Å². The van der Waals surface area contributed by atoms with Crippen LogP contribution in [0.2, 0.25) is 0 Å². The van der Waals surface area contributed by atoms with Crippen molar-refractivity contribution >= 4 is 17.8 Å². The zero-order valence-electron chi connectivity index (χ0n) is 10.8. The van der Waals surface area contributed by atoms with E-state index in [1.165, 1.54) is 4.90 Å². The summed E-state index contributed by atoms with van der Waals surface area (Å²) in [6, 6.07) is -0.857. The summed E-state index contributed by atoms with van der Waals surface area (Å²) in [6.45, 7) is 0. The van der Waals surface area contributed by atoms with Crippen LogP contribution in [-0.2, 0) is 14.4 Å². The maximum Gasteiger partial charge on any atom is 0.326 e. The second-order valence-corrected chi connectivity index (χ2v) is 5.51. The third-order valence-electron chi connectivity index (χ3n) is 4.27. The molecule has 0 radical (unpaired) electrons. The van der Waals surface area contributed by atoms with Gasteiger partial charge in [0, 0.05) is 6.42 Å². The van der Waals surface area contributed by atoms with Crippen molar-refractivity contribution < 1.29 is 24.6 Å². The number of carbonyl (C=O) groups is 3. The van der Waals surface area contributed by atoms with Gasteiger partial charge in [0.25, 0.3) is 0 Å². The number of carbonyl (C=O) groups excluding carboxylic acids is 1. The highest BCUT2D eigenvalue weighted by atomic mass is 16.4. The van der Waals surface area contributed by atoms with Gasteiger partial charge in [-0.1, -0.05) is 19.3 Å². The summed E-state index contributed by atoms with van der Waals surface area (Å²) in [5.74, 6) is -2.21. The average molecular weight is 269 g/mol. The Hall–Kier alpha value is -1.59. The highest BCUT2D eigenvalue weighted by molar-refractivity contribution is 5.88. The fourth-order valence-electron chi connectivity index (χ4n) is 3.51. The van der Waals surface area contributed by atoms with Gasteiger partial charge in [0.1, 0.15) is 6.04 Å². The molecule has 0 spiro atoms. The van der Waals surface area contributed by atoms with Gasteiger partial charge in [-0.25, -0.2) is 4.79 Å². The molecule has 0 unspecified atom stereocenters. The summed E-state index contributed by atoms with van der Waals surface area (Å²) < 4.78 is 0. The van der Waals surface area contributed by atoms with Crippen LogP contribution in [0.15, 0.2) is 0 Å². The van der Waals surface area contributed by atoms with Crippen molar-refractivity contribution in [3.8, 4) is 0 Å². The van der Waals surface area contributed by atoms with Crippen LogP contribution in [0.4, 0.5) is 0 Å². The van der Waals surface area contributed by atoms with Crippen LogP contribution in [0.1, 0.15) is 51.4 Å². The van der Waals surface area contributed by atoms with Gasteiger partial charge in [-0.05, 0) is 19.3 Å². The summed E-state index contributed by atoms with van der Waals surface area (Å²) in [7, 11) is 0. The number of aliphatic carboxylic acids is 2. The molecule has 2 N–H and O–H groups in total. The minimum atomic E-state index is -1.03. The van der Waals surface area contributed by atoms with Crippen LogP contribution in [0.3, 0.4) is 0 Å². The van der Waals surface area contributed by atoms with E-state index in [1.54, 1.807) is 0 Å². The number of rotatable bonds is 4. The fourth-order valence-corrected chi connectivity index (χ4v) is 3.51. The highest BCUT2D eigenvalue weighted by Crippen LogP contribution is 2.41. The largest absolute Gasteiger partial charge is 0.481 e. The van der Waals surface area contributed by atoms with Crippen molar-refractivity contribution in [1.29, 1.82) is 0 Å². The molecule has 0 aromatic rings. The minimum Gasteiger partial charge on any atom is -0.481 e. The van der Waals surface area contributed by atoms with E-state index in [0.29, 0.717) is 12.8 Å². The summed E-state index contributed by atoms with van der Waals surface area (Å²) in [5.41, 5.74) is -0.791. The Morgan fingerprint density at radius 1 is 1.21 bits per heavy atom. The Labute approximate surface area is 111 Å². The normalized spacial score (nSPS) is 26.4. The molecule has 1 aliphatic heterocycles. The van der Waals surface area contributed by atoms with Crippen molar-refractivity contribution in [2.45, 2.75) is 62.9 Å². The molecule has 6 nitrogen and oxygen atoms in total. The van der Waals surface area contributed by atoms with Gasteiger partial charge in [0.05, 0.1) is 12.0 Å². The molecule has 1 aliphatic carbocycles. The second kappa shape index (κ2) is 5.19. The molecule has 6 heteroatoms. The number of hydrogen-bond donors (Lipinski definition) is 2. The SMILES string of the molecule is O=C(O)CC1(N2C(=O)CC[C@H]2C(=O)O)CCCCC1. The molecule has 1 saturated carbocycles. The molecule has 0 bridgehead atoms. The predicted octanol–water partition coefficient (Wildman–Crippen LogP) is 1.24. The summed E-state index contributed by atoms with van der Waals surface area (Å²) in [4.78, 5) is 35.8. The van der Waals surface area contributed by atoms with E-state index in [9.17, 15) is 19.5 Å². The van der Waals surface area contributed by atoms with Gasteiger partial charge in [-0.3, -0.25) is 9.59 Å². The van der Waals surface area contributed by atoms with Crippen molar-refractivity contribution in [3.63, 3.8) is 0 Å². The lowest BCUT2D eigenvalue weighted by molar-refractivity contribution is -0.156. The van der Waals surface area contributed by atoms with E-state index in [2.05, 4.69) is 0 Å². The molecule has 1 atom stereocenters. The Kier molecular flexibility index (Phi) is 3.78. The van der Waals surface area contributed by atoms with Crippen LogP contribution < -0.4 is 0 Å². The van der Waals surface area contributed by atoms with E-state index in [4.69, 9.17) is 5.11 Å². The van der Waals surface area contributed by atoms with Gasteiger partial charge in [-0.15, -0.1) is 0 Å². The molecule has 1 saturated heterocycles. The number of amides is 1. The van der Waals surface area contributed by atoms with Crippen LogP contribution >= 0.6 is 0 Å². The molecule has 1 amide bonds. The van der Waals surface area contributed by atoms with E-state index in [0.717, 1.165) is 19.3 Å². The van der Waals surface area contributed by atoms with Gasteiger partial charge >= 0.3 is 11.9 Å². The van der Waals surface area contributed by atoms with Crippen molar-refractivity contribution in [1.82, 2.24) is 4.90 Å². The van der Waals surface area contributed by atoms with E-state index in [-0.39, 0.29) is 25.2 Å². The molecular formula is C13H19NO5. The summed E-state index contributed by atoms with van der Waals surface area (Å²) in [5, 5.41) is 18.4. The number of hydrogen-bond acceptors (Lipinski definition) is 3. The lowest BCUT2D eigenvalue weighted by Crippen LogP contribution is -2.57. The maximum absolute atomic E-state index is 12.0. The molecule has 2 rings (SSSR count). The van der Waals surface area contributed by atoms with Crippen LogP contribution in [-0.4, -0.2) is 44.5 Å². The standard InChI is InChI=1S/C13H19NO5/c15-10-5-4-9(12(18)19)14(10)13(8-11(16)17)6-2-1-3-7-13/h9H,1-8H2,(H,16,17)(H,18,19)/t9-/m0/s1. The van der Waals surface area contributed by atoms with Crippen molar-refractivity contribution in [2.24, 2.45) is 0 Å². The molecule has 1 heterocycles. The fraction of sp³-hybridized carbons (Fsp3) is 0.769. The zero-order valence-corrected chi connectivity index (χ0v) is 10.8. The molecular weight excluding hydrogens is 250 g/mol. The smallest absolute Gasteiger partial charge is 0.326 e. The van der Waals surface area contributed by atoms with Crippen molar-refractivity contribution in [3.05, 3.63) is 0 Å². The lowest BCUT2D eigenvalue weighted by Gasteiger charge is -2.45. The quantitative estimate of drug-likeness (QED) is 0.800. The van der Waals surface area contributed by atoms with Gasteiger partial charge < -0.3 is 15.1 Å². The third kappa shape index (κ3) is 2.57. The first-order valence-corrected chi connectivity index (χ1v) is 6.73. The maximum atomic E-state index is 12.0. The zero-order chi connectivity index (χ0) is 14.0. The number of nitrogens with zero attached hydrogens (tertiary/aromatic N) is 1. The number of carboxylic acids is 2. The molecule has 19 heavy (non-hydrogen) atoms. The third-order valence-corrected chi connectivity index (χ3v) is 4.27. The number of likely N-dealkylation sites (tertiary alicyclic amines) is 1. The molecule has 106 valence electrons. The first-order chi connectivity index (χ1) is 8.96. The minimum absolute atomic E-state index is 0.150. The lowest BCUT2D eigenvalue weighted by atomic mass is 9.77. The second-order valence-electron chi connectivity index (χ2n) is 5.51. The van der Waals surface area contributed by atoms with Gasteiger partial charge in [0.15, 0.2) is 0 Å². The Morgan fingerprint density at radius 2 is 1.84 bits per heavy atom. The number of carboxylic acid groups (broad SMARTS) is 2. The predicted molar refractivity (Wildman–Crippen MR) is 65.6 cm³/mol. The Balaban J connectivity index is 2.32. The monoisotopic (exact) mass is 269 g/mol. The summed E-state index contributed by atoms with van der Waals surface area (Å²) >= 11 is 0. The summed E-state index contributed by atoms with van der Waals surface area (Å²) in [6.07, 6.45) is 4.24. The highest BCUT2D eigenvalue weighted by Gasteiger charge is 2.50. The molecule has 0 aromatic carbocycles. The van der Waals surface area contributed by atoms with Crippen molar-refractivity contribution in [2.75, 3.05) is 0 Å². The van der Waals surface area contributed by atoms with Gasteiger partial charge in [-0.2, -0.15) is 0 Å². The van der Waals surface area contributed by atoms with E-state index in [1.807, 2.05) is 0 Å². The van der Waals surface area contributed by atoms with E-state index >= 15 is 0 Å². The topological polar surface area (TPSA) is 94.9 Å². The molecule has 2 aliphatic rings. The van der Waals surface area contributed by atoms with Gasteiger partial charge in [0.2, 0.25) is 5.91 Å². The van der Waals surface area contributed by atoms with Crippen LogP contribution in [0.5, 0.6) is 0 Å². The first-order valence-electron chi connectivity index (χ1n) is 6.73. The first kappa shape index (κ1) is 13.8.